The van der Waals surface area contributed by atoms with E-state index >= 15 is 0 Å². The third-order valence-corrected chi connectivity index (χ3v) is 4.31. The van der Waals surface area contributed by atoms with Crippen molar-refractivity contribution in [3.05, 3.63) is 0 Å². The van der Waals surface area contributed by atoms with E-state index in [1.54, 1.807) is 21.6 Å². The summed E-state index contributed by atoms with van der Waals surface area (Å²) in [6.45, 7) is 4.76. The van der Waals surface area contributed by atoms with Crippen LogP contribution in [0, 0.1) is 11.3 Å². The van der Waals surface area contributed by atoms with Crippen LogP contribution in [0.1, 0.15) is 26.7 Å². The van der Waals surface area contributed by atoms with Gasteiger partial charge in [-0.2, -0.15) is 17.0 Å². The fraction of sp³-hybridized carbons (Fsp3) is 0.769. The van der Waals surface area contributed by atoms with E-state index in [-0.39, 0.29) is 31.0 Å². The van der Waals surface area contributed by atoms with Crippen LogP contribution in [0.15, 0.2) is 0 Å². The van der Waals surface area contributed by atoms with Crippen molar-refractivity contribution >= 4 is 23.8 Å². The lowest BCUT2D eigenvalue weighted by Crippen LogP contribution is -2.54. The molecule has 1 aliphatic rings. The molecule has 0 spiro atoms. The Bertz CT molecular complexity index is 395. The van der Waals surface area contributed by atoms with Crippen LogP contribution in [0.25, 0.3) is 0 Å². The van der Waals surface area contributed by atoms with Crippen LogP contribution in [-0.2, 0) is 4.79 Å². The number of carboxylic acids is 1. The summed E-state index contributed by atoms with van der Waals surface area (Å²) in [7, 11) is 0. The van der Waals surface area contributed by atoms with E-state index in [9.17, 15) is 9.59 Å². The summed E-state index contributed by atoms with van der Waals surface area (Å²) in [5, 5.41) is 17.6. The zero-order valence-corrected chi connectivity index (χ0v) is 12.7. The number of urea groups is 1. The first kappa shape index (κ1) is 16.6. The molecule has 20 heavy (non-hydrogen) atoms. The van der Waals surface area contributed by atoms with Crippen LogP contribution in [0.5, 0.6) is 0 Å². The molecule has 0 aliphatic carbocycles. The SMILES string of the molecule is CC(C)N(CCC#N)C(=O)N1CCSCC1CC(=O)O. The lowest BCUT2D eigenvalue weighted by molar-refractivity contribution is -0.138. The molecule has 7 heteroatoms. The van der Waals surface area contributed by atoms with Crippen molar-refractivity contribution in [2.45, 2.75) is 38.8 Å². The number of amides is 2. The van der Waals surface area contributed by atoms with Crippen molar-refractivity contribution in [1.29, 1.82) is 5.26 Å². The van der Waals surface area contributed by atoms with Crippen LogP contribution in [0.2, 0.25) is 0 Å². The highest BCUT2D eigenvalue weighted by molar-refractivity contribution is 7.99. The molecule has 0 aromatic carbocycles. The summed E-state index contributed by atoms with van der Waals surface area (Å²) >= 11 is 1.68. The molecule has 112 valence electrons. The minimum absolute atomic E-state index is 0.00379. The average molecular weight is 299 g/mol. The van der Waals surface area contributed by atoms with Gasteiger partial charge in [0, 0.05) is 30.6 Å². The molecule has 1 aliphatic heterocycles. The van der Waals surface area contributed by atoms with E-state index in [4.69, 9.17) is 10.4 Å². The number of thioether (sulfide) groups is 1. The lowest BCUT2D eigenvalue weighted by Gasteiger charge is -2.39. The first-order valence-corrected chi connectivity index (χ1v) is 7.86. The van der Waals surface area contributed by atoms with Gasteiger partial charge in [0.05, 0.1) is 25.0 Å². The van der Waals surface area contributed by atoms with Crippen molar-refractivity contribution < 1.29 is 14.7 Å². The second kappa shape index (κ2) is 8.00. The summed E-state index contributed by atoms with van der Waals surface area (Å²) in [5.41, 5.74) is 0. The van der Waals surface area contributed by atoms with Gasteiger partial charge in [0.25, 0.3) is 0 Å². The van der Waals surface area contributed by atoms with Crippen molar-refractivity contribution in [3.8, 4) is 6.07 Å². The van der Waals surface area contributed by atoms with Gasteiger partial charge < -0.3 is 14.9 Å². The number of nitriles is 1. The van der Waals surface area contributed by atoms with E-state index in [2.05, 4.69) is 0 Å². The number of nitrogens with zero attached hydrogens (tertiary/aromatic N) is 3. The summed E-state index contributed by atoms with van der Waals surface area (Å²) in [4.78, 5) is 26.8. The van der Waals surface area contributed by atoms with Crippen molar-refractivity contribution in [3.63, 3.8) is 0 Å². The van der Waals surface area contributed by atoms with Crippen LogP contribution in [-0.4, -0.2) is 63.6 Å². The largest absolute Gasteiger partial charge is 0.481 e. The zero-order valence-electron chi connectivity index (χ0n) is 11.9. The third-order valence-electron chi connectivity index (χ3n) is 3.22. The molecular weight excluding hydrogens is 278 g/mol. The Balaban J connectivity index is 2.78. The summed E-state index contributed by atoms with van der Waals surface area (Å²) in [6, 6.07) is 1.63. The Morgan fingerprint density at radius 1 is 1.55 bits per heavy atom. The normalized spacial score (nSPS) is 18.7. The molecule has 1 heterocycles. The molecule has 0 aromatic rings. The van der Waals surface area contributed by atoms with Gasteiger partial charge in [-0.15, -0.1) is 0 Å². The molecular formula is C13H21N3O3S. The molecule has 0 radical (unpaired) electrons. The van der Waals surface area contributed by atoms with E-state index in [1.165, 1.54) is 0 Å². The van der Waals surface area contributed by atoms with E-state index < -0.39 is 5.97 Å². The summed E-state index contributed by atoms with van der Waals surface area (Å²) in [6.07, 6.45) is 0.263. The molecule has 1 unspecified atom stereocenters. The van der Waals surface area contributed by atoms with Crippen LogP contribution in [0.3, 0.4) is 0 Å². The van der Waals surface area contributed by atoms with Gasteiger partial charge in [-0.3, -0.25) is 4.79 Å². The van der Waals surface area contributed by atoms with Crippen molar-refractivity contribution in [2.24, 2.45) is 0 Å². The maximum atomic E-state index is 12.6. The Morgan fingerprint density at radius 2 is 2.25 bits per heavy atom. The standard InChI is InChI=1S/C13H21N3O3S/c1-10(2)15(5-3-4-14)13(19)16-6-7-20-9-11(16)8-12(17)18/h10-11H,3,5-9H2,1-2H3,(H,17,18). The van der Waals surface area contributed by atoms with E-state index in [0.717, 1.165) is 5.75 Å². The Labute approximate surface area is 123 Å². The maximum absolute atomic E-state index is 12.6. The highest BCUT2D eigenvalue weighted by Gasteiger charge is 2.32. The lowest BCUT2D eigenvalue weighted by atomic mass is 10.2. The monoisotopic (exact) mass is 299 g/mol. The molecule has 0 saturated carbocycles. The first-order chi connectivity index (χ1) is 9.47. The number of carbonyl (C=O) groups is 2. The summed E-state index contributed by atoms with van der Waals surface area (Å²) < 4.78 is 0. The van der Waals surface area contributed by atoms with Crippen LogP contribution >= 0.6 is 11.8 Å². The molecule has 0 aromatic heterocycles. The average Bonchev–Trinajstić information content (AvgIpc) is 2.38. The molecule has 1 fully saturated rings. The van der Waals surface area contributed by atoms with Gasteiger partial charge in [-0.25, -0.2) is 4.79 Å². The quantitative estimate of drug-likeness (QED) is 0.834. The van der Waals surface area contributed by atoms with E-state index in [1.807, 2.05) is 19.9 Å². The second-order valence-corrected chi connectivity index (χ2v) is 6.15. The van der Waals surface area contributed by atoms with Gasteiger partial charge in [-0.05, 0) is 13.8 Å². The fourth-order valence-electron chi connectivity index (χ4n) is 2.19. The number of carboxylic acid groups (broad SMARTS) is 1. The number of aliphatic carboxylic acids is 1. The minimum Gasteiger partial charge on any atom is -0.481 e. The predicted octanol–water partition coefficient (Wildman–Crippen LogP) is 1.62. The molecule has 1 rings (SSSR count). The molecule has 0 bridgehead atoms. The van der Waals surface area contributed by atoms with Crippen molar-refractivity contribution in [2.75, 3.05) is 24.6 Å². The number of rotatable bonds is 5. The second-order valence-electron chi connectivity index (χ2n) is 5.00. The predicted molar refractivity (Wildman–Crippen MR) is 77.5 cm³/mol. The Hall–Kier alpha value is -1.42. The highest BCUT2D eigenvalue weighted by Crippen LogP contribution is 2.21. The maximum Gasteiger partial charge on any atom is 0.320 e. The topological polar surface area (TPSA) is 84.6 Å². The van der Waals surface area contributed by atoms with Crippen molar-refractivity contribution in [1.82, 2.24) is 9.80 Å². The Kier molecular flexibility index (Phi) is 6.65. The van der Waals surface area contributed by atoms with Gasteiger partial charge in [0.15, 0.2) is 0 Å². The molecule has 6 nitrogen and oxygen atoms in total. The Morgan fingerprint density at radius 3 is 2.80 bits per heavy atom. The van der Waals surface area contributed by atoms with Gasteiger partial charge in [0.1, 0.15) is 0 Å². The summed E-state index contributed by atoms with van der Waals surface area (Å²) in [5.74, 6) is 0.595. The van der Waals surface area contributed by atoms with E-state index in [0.29, 0.717) is 18.8 Å². The smallest absolute Gasteiger partial charge is 0.320 e. The van der Waals surface area contributed by atoms with Crippen LogP contribution in [0.4, 0.5) is 4.79 Å². The number of carbonyl (C=O) groups excluding carboxylic acids is 1. The first-order valence-electron chi connectivity index (χ1n) is 6.71. The zero-order chi connectivity index (χ0) is 15.1. The molecule has 2 amide bonds. The third kappa shape index (κ3) is 4.60. The van der Waals surface area contributed by atoms with Gasteiger partial charge in [-0.1, -0.05) is 0 Å². The van der Waals surface area contributed by atoms with Gasteiger partial charge >= 0.3 is 12.0 Å². The molecule has 1 N–H and O–H groups in total. The van der Waals surface area contributed by atoms with Gasteiger partial charge in [0.2, 0.25) is 0 Å². The highest BCUT2D eigenvalue weighted by atomic mass is 32.2. The number of hydrogen-bond donors (Lipinski definition) is 1. The minimum atomic E-state index is -0.886. The fourth-order valence-corrected chi connectivity index (χ4v) is 3.25. The molecule has 1 saturated heterocycles. The molecule has 1 atom stereocenters. The number of hydrogen-bond acceptors (Lipinski definition) is 4. The van der Waals surface area contributed by atoms with Crippen LogP contribution < -0.4 is 0 Å².